The van der Waals surface area contributed by atoms with Gasteiger partial charge in [-0.25, -0.2) is 9.59 Å². The van der Waals surface area contributed by atoms with Crippen LogP contribution in [0.25, 0.3) is 11.1 Å². The number of hydrogen-bond donors (Lipinski definition) is 2. The fourth-order valence-corrected chi connectivity index (χ4v) is 1.94. The normalized spacial score (nSPS) is 10.2. The molecular weight excluding hydrogens is 244 g/mol. The Balaban J connectivity index is 2.74. The SMILES string of the molecule is Cc1ccc(-c2c(C(=O)O)cccc2C(=O)O)cc1. The van der Waals surface area contributed by atoms with Gasteiger partial charge in [-0.1, -0.05) is 35.9 Å². The Morgan fingerprint density at radius 1 is 0.842 bits per heavy atom. The van der Waals surface area contributed by atoms with Gasteiger partial charge in [-0.3, -0.25) is 0 Å². The molecule has 0 radical (unpaired) electrons. The van der Waals surface area contributed by atoms with Gasteiger partial charge in [0.05, 0.1) is 11.1 Å². The summed E-state index contributed by atoms with van der Waals surface area (Å²) >= 11 is 0. The van der Waals surface area contributed by atoms with Gasteiger partial charge in [0.25, 0.3) is 0 Å². The minimum atomic E-state index is -1.14. The van der Waals surface area contributed by atoms with Gasteiger partial charge in [-0.15, -0.1) is 0 Å². The first-order valence-electron chi connectivity index (χ1n) is 5.67. The van der Waals surface area contributed by atoms with Gasteiger partial charge in [0.2, 0.25) is 0 Å². The molecule has 0 saturated heterocycles. The number of carbonyl (C=O) groups is 2. The highest BCUT2D eigenvalue weighted by atomic mass is 16.4. The molecule has 2 rings (SSSR count). The first-order chi connectivity index (χ1) is 9.00. The smallest absolute Gasteiger partial charge is 0.336 e. The second-order valence-corrected chi connectivity index (χ2v) is 4.20. The monoisotopic (exact) mass is 256 g/mol. The summed E-state index contributed by atoms with van der Waals surface area (Å²) in [5.41, 5.74) is 1.82. The van der Waals surface area contributed by atoms with Gasteiger partial charge >= 0.3 is 11.9 Å². The van der Waals surface area contributed by atoms with Gasteiger partial charge in [0.1, 0.15) is 0 Å². The van der Waals surface area contributed by atoms with Gasteiger partial charge in [-0.05, 0) is 24.6 Å². The lowest BCUT2D eigenvalue weighted by molar-refractivity contribution is 0.0696. The van der Waals surface area contributed by atoms with Crippen LogP contribution in [0, 0.1) is 6.92 Å². The largest absolute Gasteiger partial charge is 0.478 e. The average molecular weight is 256 g/mol. The quantitative estimate of drug-likeness (QED) is 0.885. The van der Waals surface area contributed by atoms with E-state index in [9.17, 15) is 19.8 Å². The van der Waals surface area contributed by atoms with E-state index in [4.69, 9.17) is 0 Å². The molecule has 0 spiro atoms. The van der Waals surface area contributed by atoms with Crippen molar-refractivity contribution < 1.29 is 19.8 Å². The molecule has 2 N–H and O–H groups in total. The molecule has 0 bridgehead atoms. The molecule has 0 aromatic heterocycles. The lowest BCUT2D eigenvalue weighted by Crippen LogP contribution is -2.06. The molecule has 19 heavy (non-hydrogen) atoms. The number of benzene rings is 2. The highest BCUT2D eigenvalue weighted by molar-refractivity contribution is 6.04. The molecule has 0 unspecified atom stereocenters. The fourth-order valence-electron chi connectivity index (χ4n) is 1.94. The summed E-state index contributed by atoms with van der Waals surface area (Å²) in [6, 6.07) is 11.3. The summed E-state index contributed by atoms with van der Waals surface area (Å²) < 4.78 is 0. The van der Waals surface area contributed by atoms with Crippen molar-refractivity contribution in [3.05, 3.63) is 59.2 Å². The summed E-state index contributed by atoms with van der Waals surface area (Å²) in [5.74, 6) is -2.28. The maximum absolute atomic E-state index is 11.2. The zero-order chi connectivity index (χ0) is 14.0. The van der Waals surface area contributed by atoms with E-state index in [1.165, 1.54) is 18.2 Å². The third-order valence-corrected chi connectivity index (χ3v) is 2.87. The molecule has 96 valence electrons. The Hall–Kier alpha value is -2.62. The maximum atomic E-state index is 11.2. The van der Waals surface area contributed by atoms with E-state index in [-0.39, 0.29) is 16.7 Å². The van der Waals surface area contributed by atoms with Crippen LogP contribution in [-0.4, -0.2) is 22.2 Å². The van der Waals surface area contributed by atoms with Crippen LogP contribution in [-0.2, 0) is 0 Å². The van der Waals surface area contributed by atoms with Crippen LogP contribution in [0.5, 0.6) is 0 Å². The van der Waals surface area contributed by atoms with Crippen LogP contribution in [0.3, 0.4) is 0 Å². The predicted molar refractivity (Wildman–Crippen MR) is 70.5 cm³/mol. The molecule has 0 heterocycles. The van der Waals surface area contributed by atoms with E-state index in [1.54, 1.807) is 12.1 Å². The Morgan fingerprint density at radius 3 is 1.74 bits per heavy atom. The third kappa shape index (κ3) is 2.47. The van der Waals surface area contributed by atoms with Crippen molar-refractivity contribution >= 4 is 11.9 Å². The molecule has 0 amide bonds. The van der Waals surface area contributed by atoms with Gasteiger partial charge < -0.3 is 10.2 Å². The molecule has 2 aromatic rings. The van der Waals surface area contributed by atoms with Crippen molar-refractivity contribution in [1.29, 1.82) is 0 Å². The zero-order valence-corrected chi connectivity index (χ0v) is 10.3. The molecule has 4 nitrogen and oxygen atoms in total. The summed E-state index contributed by atoms with van der Waals surface area (Å²) in [4.78, 5) is 22.5. The highest BCUT2D eigenvalue weighted by Gasteiger charge is 2.19. The van der Waals surface area contributed by atoms with Crippen LogP contribution < -0.4 is 0 Å². The summed E-state index contributed by atoms with van der Waals surface area (Å²) in [5, 5.41) is 18.4. The number of hydrogen-bond acceptors (Lipinski definition) is 2. The molecule has 0 fully saturated rings. The van der Waals surface area contributed by atoms with E-state index < -0.39 is 11.9 Å². The van der Waals surface area contributed by atoms with Crippen molar-refractivity contribution in [3.8, 4) is 11.1 Å². The Labute approximate surface area is 109 Å². The maximum Gasteiger partial charge on any atom is 0.336 e. The second-order valence-electron chi connectivity index (χ2n) is 4.20. The van der Waals surface area contributed by atoms with Crippen molar-refractivity contribution in [1.82, 2.24) is 0 Å². The van der Waals surface area contributed by atoms with E-state index in [1.807, 2.05) is 19.1 Å². The lowest BCUT2D eigenvalue weighted by Gasteiger charge is -2.10. The standard InChI is InChI=1S/C15H12O4/c1-9-5-7-10(8-6-9)13-11(14(16)17)3-2-4-12(13)15(18)19/h2-8H,1H3,(H,16,17)(H,18,19). The van der Waals surface area contributed by atoms with Gasteiger partial charge in [0, 0.05) is 5.56 Å². The van der Waals surface area contributed by atoms with E-state index in [0.717, 1.165) is 5.56 Å². The first kappa shape index (κ1) is 12.8. The van der Waals surface area contributed by atoms with Crippen molar-refractivity contribution in [3.63, 3.8) is 0 Å². The van der Waals surface area contributed by atoms with E-state index in [2.05, 4.69) is 0 Å². The van der Waals surface area contributed by atoms with Gasteiger partial charge in [-0.2, -0.15) is 0 Å². The Bertz CT molecular complexity index is 609. The Morgan fingerprint density at radius 2 is 1.32 bits per heavy atom. The average Bonchev–Trinajstić information content (AvgIpc) is 2.38. The molecule has 0 atom stereocenters. The molecule has 0 saturated carbocycles. The van der Waals surface area contributed by atoms with Crippen molar-refractivity contribution in [2.45, 2.75) is 6.92 Å². The highest BCUT2D eigenvalue weighted by Crippen LogP contribution is 2.28. The van der Waals surface area contributed by atoms with Crippen LogP contribution in [0.2, 0.25) is 0 Å². The summed E-state index contributed by atoms with van der Waals surface area (Å²) in [6.45, 7) is 1.91. The number of aryl methyl sites for hydroxylation is 1. The minimum absolute atomic E-state index is 0.0104. The van der Waals surface area contributed by atoms with Crippen LogP contribution in [0.1, 0.15) is 26.3 Å². The molecule has 0 aliphatic rings. The first-order valence-corrected chi connectivity index (χ1v) is 5.67. The number of aromatic carboxylic acids is 2. The molecule has 0 aliphatic heterocycles. The van der Waals surface area contributed by atoms with Gasteiger partial charge in [0.15, 0.2) is 0 Å². The minimum Gasteiger partial charge on any atom is -0.478 e. The number of carboxylic acid groups (broad SMARTS) is 2. The fraction of sp³-hybridized carbons (Fsp3) is 0.0667. The zero-order valence-electron chi connectivity index (χ0n) is 10.3. The van der Waals surface area contributed by atoms with Crippen LogP contribution in [0.4, 0.5) is 0 Å². The topological polar surface area (TPSA) is 74.6 Å². The summed E-state index contributed by atoms with van der Waals surface area (Å²) in [7, 11) is 0. The van der Waals surface area contributed by atoms with Crippen LogP contribution in [0.15, 0.2) is 42.5 Å². The third-order valence-electron chi connectivity index (χ3n) is 2.87. The van der Waals surface area contributed by atoms with E-state index >= 15 is 0 Å². The molecular formula is C15H12O4. The molecule has 2 aromatic carbocycles. The lowest BCUT2D eigenvalue weighted by atomic mass is 9.94. The molecule has 4 heteroatoms. The number of carboxylic acids is 2. The second kappa shape index (κ2) is 4.94. The van der Waals surface area contributed by atoms with Crippen molar-refractivity contribution in [2.24, 2.45) is 0 Å². The van der Waals surface area contributed by atoms with Crippen LogP contribution >= 0.6 is 0 Å². The summed E-state index contributed by atoms with van der Waals surface area (Å²) in [6.07, 6.45) is 0. The predicted octanol–water partition coefficient (Wildman–Crippen LogP) is 3.06. The molecule has 0 aliphatic carbocycles. The number of rotatable bonds is 3. The van der Waals surface area contributed by atoms with Crippen molar-refractivity contribution in [2.75, 3.05) is 0 Å². The van der Waals surface area contributed by atoms with E-state index in [0.29, 0.717) is 5.56 Å². The Kier molecular flexibility index (Phi) is 3.33.